The summed E-state index contributed by atoms with van der Waals surface area (Å²) in [5, 5.41) is 10.7. The van der Waals surface area contributed by atoms with Crippen molar-refractivity contribution in [1.29, 1.82) is 0 Å². The van der Waals surface area contributed by atoms with Gasteiger partial charge in [0.25, 0.3) is 0 Å². The number of hydrogen-bond acceptors (Lipinski definition) is 15. The Morgan fingerprint density at radius 3 is 0.664 bits per heavy atom. The summed E-state index contributed by atoms with van der Waals surface area (Å²) in [6, 6.07) is 0. The largest absolute Gasteiger partial charge is 0.472 e. The van der Waals surface area contributed by atoms with Crippen molar-refractivity contribution in [2.45, 2.75) is 478 Å². The van der Waals surface area contributed by atoms with E-state index in [-0.39, 0.29) is 25.7 Å². The quantitative estimate of drug-likeness (QED) is 0.0222. The molecule has 19 heteroatoms. The fourth-order valence-electron chi connectivity index (χ4n) is 13.6. The molecule has 0 saturated heterocycles. The maximum atomic E-state index is 13.2. The van der Waals surface area contributed by atoms with Crippen molar-refractivity contribution in [1.82, 2.24) is 0 Å². The molecular formula is C88H172O17P2. The highest BCUT2D eigenvalue weighted by Gasteiger charge is 2.31. The van der Waals surface area contributed by atoms with Gasteiger partial charge in [0.05, 0.1) is 26.4 Å². The first-order valence-electron chi connectivity index (χ1n) is 45.2. The van der Waals surface area contributed by atoms with Gasteiger partial charge in [0.1, 0.15) is 19.3 Å². The number of phosphoric acid groups is 2. The lowest BCUT2D eigenvalue weighted by Gasteiger charge is -2.21. The van der Waals surface area contributed by atoms with Crippen LogP contribution in [0.5, 0.6) is 0 Å². The normalized spacial score (nSPS) is 14.1. The van der Waals surface area contributed by atoms with Crippen LogP contribution in [0.3, 0.4) is 0 Å². The van der Waals surface area contributed by atoms with Crippen LogP contribution in [0.25, 0.3) is 0 Å². The van der Waals surface area contributed by atoms with Gasteiger partial charge in [0, 0.05) is 25.7 Å². The smallest absolute Gasteiger partial charge is 0.462 e. The van der Waals surface area contributed by atoms with Crippen molar-refractivity contribution in [3.05, 3.63) is 0 Å². The molecule has 0 bridgehead atoms. The number of carbonyl (C=O) groups is 4. The molecule has 0 aliphatic rings. The van der Waals surface area contributed by atoms with E-state index in [2.05, 4.69) is 55.4 Å². The third-order valence-corrected chi connectivity index (χ3v) is 22.8. The summed E-state index contributed by atoms with van der Waals surface area (Å²) in [5.74, 6) is 1.09. The topological polar surface area (TPSA) is 237 Å². The number of esters is 4. The number of rotatable bonds is 85. The van der Waals surface area contributed by atoms with Gasteiger partial charge in [-0.3, -0.25) is 37.3 Å². The van der Waals surface area contributed by atoms with Crippen molar-refractivity contribution >= 4 is 39.5 Å². The molecule has 0 saturated carbocycles. The Balaban J connectivity index is 5.24. The lowest BCUT2D eigenvalue weighted by atomic mass is 9.99. The average Bonchev–Trinajstić information content (AvgIpc) is 0.901. The standard InChI is InChI=1S/C88H172O17P2/c1-9-81(8)67-59-51-43-35-27-21-17-12-10-11-13-19-23-29-37-46-54-62-70-87(92)104-83(74-98-85(90)68-60-52-44-36-28-22-18-15-14-16-20-25-32-40-48-56-64-78(2)3)76-102-106(94,95)100-72-82(89)73-101-107(96,97)103-77-84(75-99-86(91)69-61-53-45-39-31-34-42-50-58-66-80(6)7)105-88(93)71-63-55-47-38-30-24-26-33-41-49-57-65-79(4)5/h78-84,89H,9-77H2,1-8H3,(H,94,95)(H,96,97)/t81?,82-,83-,84-/m1/s1. The number of phosphoric ester groups is 2. The molecule has 0 aliphatic heterocycles. The minimum absolute atomic E-state index is 0.106. The molecule has 107 heavy (non-hydrogen) atoms. The van der Waals surface area contributed by atoms with Crippen LogP contribution in [0.15, 0.2) is 0 Å². The van der Waals surface area contributed by atoms with Crippen LogP contribution in [0.2, 0.25) is 0 Å². The number of aliphatic hydroxyl groups is 1. The molecule has 0 heterocycles. The zero-order valence-electron chi connectivity index (χ0n) is 70.8. The molecule has 6 atom stereocenters. The summed E-state index contributed by atoms with van der Waals surface area (Å²) in [4.78, 5) is 73.3. The first kappa shape index (κ1) is 105. The Hall–Kier alpha value is -1.94. The summed E-state index contributed by atoms with van der Waals surface area (Å²) in [6.45, 7) is 14.4. The van der Waals surface area contributed by atoms with Crippen LogP contribution in [-0.2, 0) is 65.4 Å². The summed E-state index contributed by atoms with van der Waals surface area (Å²) in [7, 11) is -9.93. The Morgan fingerprint density at radius 2 is 0.449 bits per heavy atom. The van der Waals surface area contributed by atoms with Gasteiger partial charge >= 0.3 is 39.5 Å². The molecule has 0 spiro atoms. The lowest BCUT2D eigenvalue weighted by Crippen LogP contribution is -2.30. The summed E-state index contributed by atoms with van der Waals surface area (Å²) in [6.07, 6.45) is 66.6. The highest BCUT2D eigenvalue weighted by Crippen LogP contribution is 2.45. The van der Waals surface area contributed by atoms with Crippen LogP contribution in [-0.4, -0.2) is 96.7 Å². The molecule has 0 aromatic heterocycles. The SMILES string of the molecule is CCC(C)CCCCCCCCCCCCCCCCCCCCC(=O)O[C@H](COC(=O)CCCCCCCCCCCCCCCCCCC(C)C)COP(=O)(O)OC[C@@H](O)COP(=O)(O)OC[C@@H](COC(=O)CCCCCCCCCCCC(C)C)OC(=O)CCCCCCCCCCCCCC(C)C. The molecule has 3 N–H and O–H groups in total. The van der Waals surface area contributed by atoms with Crippen LogP contribution < -0.4 is 0 Å². The second-order valence-corrected chi connectivity index (χ2v) is 36.2. The monoisotopic (exact) mass is 1560 g/mol. The highest BCUT2D eigenvalue weighted by atomic mass is 31.2. The van der Waals surface area contributed by atoms with E-state index in [4.69, 9.17) is 37.0 Å². The van der Waals surface area contributed by atoms with Gasteiger partial charge in [-0.25, -0.2) is 9.13 Å². The van der Waals surface area contributed by atoms with Gasteiger partial charge in [-0.1, -0.05) is 409 Å². The Bertz CT molecular complexity index is 2080. The van der Waals surface area contributed by atoms with Crippen molar-refractivity contribution in [2.24, 2.45) is 23.7 Å². The van der Waals surface area contributed by atoms with Crippen LogP contribution >= 0.6 is 15.6 Å². The van der Waals surface area contributed by atoms with Crippen molar-refractivity contribution in [2.75, 3.05) is 39.6 Å². The molecule has 3 unspecified atom stereocenters. The van der Waals surface area contributed by atoms with E-state index in [0.717, 1.165) is 114 Å². The van der Waals surface area contributed by atoms with E-state index in [1.807, 2.05) is 0 Å². The number of carbonyl (C=O) groups excluding carboxylic acids is 4. The molecule has 0 rings (SSSR count). The van der Waals surface area contributed by atoms with Crippen molar-refractivity contribution in [3.63, 3.8) is 0 Å². The zero-order chi connectivity index (χ0) is 78.8. The first-order chi connectivity index (χ1) is 51.6. The maximum absolute atomic E-state index is 13.2. The fraction of sp³-hybridized carbons (Fsp3) is 0.955. The van der Waals surface area contributed by atoms with Gasteiger partial charge in [-0.15, -0.1) is 0 Å². The predicted octanol–water partition coefficient (Wildman–Crippen LogP) is 26.7. The van der Waals surface area contributed by atoms with Gasteiger partial charge in [-0.2, -0.15) is 0 Å². The number of unbranched alkanes of at least 4 members (excludes halogenated alkanes) is 50. The fourth-order valence-corrected chi connectivity index (χ4v) is 15.2. The minimum Gasteiger partial charge on any atom is -0.462 e. The first-order valence-corrected chi connectivity index (χ1v) is 48.2. The van der Waals surface area contributed by atoms with E-state index < -0.39 is 97.5 Å². The van der Waals surface area contributed by atoms with E-state index in [9.17, 15) is 43.2 Å². The molecule has 0 fully saturated rings. The molecule has 0 amide bonds. The molecular weight excluding hydrogens is 1390 g/mol. The minimum atomic E-state index is -4.97. The molecule has 0 aromatic carbocycles. The third-order valence-electron chi connectivity index (χ3n) is 20.9. The van der Waals surface area contributed by atoms with Crippen molar-refractivity contribution < 1.29 is 80.2 Å². The Labute approximate surface area is 658 Å². The van der Waals surface area contributed by atoms with E-state index in [0.29, 0.717) is 25.7 Å². The second-order valence-electron chi connectivity index (χ2n) is 33.3. The van der Waals surface area contributed by atoms with Crippen LogP contribution in [0.1, 0.15) is 460 Å². The van der Waals surface area contributed by atoms with Gasteiger partial charge in [-0.05, 0) is 49.4 Å². The summed E-state index contributed by atoms with van der Waals surface area (Å²) in [5.41, 5.74) is 0. The summed E-state index contributed by atoms with van der Waals surface area (Å²) < 4.78 is 69.0. The maximum Gasteiger partial charge on any atom is 0.472 e. The van der Waals surface area contributed by atoms with Gasteiger partial charge < -0.3 is 33.8 Å². The Morgan fingerprint density at radius 1 is 0.262 bits per heavy atom. The van der Waals surface area contributed by atoms with E-state index >= 15 is 0 Å². The molecule has 0 radical (unpaired) electrons. The summed E-state index contributed by atoms with van der Waals surface area (Å²) >= 11 is 0. The number of ether oxygens (including phenoxy) is 4. The highest BCUT2D eigenvalue weighted by molar-refractivity contribution is 7.47. The molecule has 17 nitrogen and oxygen atoms in total. The zero-order valence-corrected chi connectivity index (χ0v) is 72.6. The number of aliphatic hydroxyl groups excluding tert-OH is 1. The molecule has 0 aliphatic carbocycles. The predicted molar refractivity (Wildman–Crippen MR) is 441 cm³/mol. The van der Waals surface area contributed by atoms with Crippen molar-refractivity contribution in [3.8, 4) is 0 Å². The second kappa shape index (κ2) is 76.7. The molecule has 0 aromatic rings. The third kappa shape index (κ3) is 80.5. The van der Waals surface area contributed by atoms with E-state index in [1.54, 1.807) is 0 Å². The Kier molecular flexibility index (Phi) is 75.3. The molecule has 636 valence electrons. The van der Waals surface area contributed by atoms with Crippen LogP contribution in [0, 0.1) is 23.7 Å². The van der Waals surface area contributed by atoms with Gasteiger partial charge in [0.2, 0.25) is 0 Å². The van der Waals surface area contributed by atoms with Crippen LogP contribution in [0.4, 0.5) is 0 Å². The lowest BCUT2D eigenvalue weighted by molar-refractivity contribution is -0.161. The van der Waals surface area contributed by atoms with Gasteiger partial charge in [0.15, 0.2) is 12.2 Å². The number of hydrogen-bond donors (Lipinski definition) is 3. The average molecular weight is 1560 g/mol. The van der Waals surface area contributed by atoms with E-state index in [1.165, 1.54) is 263 Å².